The summed E-state index contributed by atoms with van der Waals surface area (Å²) in [7, 11) is 0. The molecule has 1 heterocycles. The normalized spacial score (nSPS) is 28.6. The molecule has 2 N–H and O–H groups in total. The number of benzene rings is 1. The summed E-state index contributed by atoms with van der Waals surface area (Å²) in [5.41, 5.74) is 1.68. The molecule has 2 amide bonds. The largest absolute Gasteiger partial charge is 0.484 e. The van der Waals surface area contributed by atoms with Crippen molar-refractivity contribution in [3.05, 3.63) is 64.5 Å². The Morgan fingerprint density at radius 1 is 1.25 bits per heavy atom. The van der Waals surface area contributed by atoms with Crippen LogP contribution in [0.3, 0.4) is 0 Å². The Kier molecular flexibility index (Phi) is 5.16. The number of carbonyl (C=O) groups excluding carboxylic acids is 2. The molecule has 4 aliphatic carbocycles. The average Bonchev–Trinajstić information content (AvgIpc) is 3.13. The minimum absolute atomic E-state index is 0.000127. The molecule has 32 heavy (non-hydrogen) atoms. The van der Waals surface area contributed by atoms with Crippen LogP contribution in [0, 0.1) is 11.2 Å². The maximum Gasteiger partial charge on any atom is 0.258 e. The molecule has 6 rings (SSSR count). The summed E-state index contributed by atoms with van der Waals surface area (Å²) in [6.07, 6.45) is 12.7. The minimum Gasteiger partial charge on any atom is -0.484 e. The van der Waals surface area contributed by atoms with Crippen LogP contribution in [0.4, 0.5) is 4.39 Å². The van der Waals surface area contributed by atoms with Crippen molar-refractivity contribution >= 4 is 29.6 Å². The standard InChI is InChI=1S/C24H23ClFN3O3/c25-18-6-5-16(9-19(18)26)32-11-21(30)29-24-12-23(13-24,14-24)22(31)27-8-7-15-10-28-20-4-2-1-3-17(15)20/h1-6,9-10,20H,7-8,11-14H2,(H,27,31)(H,29,30). The first-order valence-electron chi connectivity index (χ1n) is 10.7. The van der Waals surface area contributed by atoms with Crippen LogP contribution in [-0.2, 0) is 9.59 Å². The van der Waals surface area contributed by atoms with Gasteiger partial charge in [-0.25, -0.2) is 4.39 Å². The number of allylic oxidation sites excluding steroid dienone is 2. The van der Waals surface area contributed by atoms with Crippen LogP contribution >= 0.6 is 11.6 Å². The van der Waals surface area contributed by atoms with Crippen molar-refractivity contribution in [2.24, 2.45) is 10.4 Å². The molecule has 0 aromatic heterocycles. The van der Waals surface area contributed by atoms with E-state index in [-0.39, 0.29) is 46.2 Å². The molecule has 1 aliphatic heterocycles. The average molecular weight is 456 g/mol. The number of nitrogens with one attached hydrogen (secondary N) is 2. The molecule has 1 aromatic rings. The number of halogens is 2. The predicted octanol–water partition coefficient (Wildman–Crippen LogP) is 3.28. The number of fused-ring (bicyclic) bond motifs is 1. The van der Waals surface area contributed by atoms with Gasteiger partial charge in [-0.3, -0.25) is 14.6 Å². The van der Waals surface area contributed by atoms with E-state index in [2.05, 4.69) is 27.8 Å². The molecule has 1 aromatic carbocycles. The molecular formula is C24H23ClFN3O3. The quantitative estimate of drug-likeness (QED) is 0.631. The topological polar surface area (TPSA) is 79.8 Å². The lowest BCUT2D eigenvalue weighted by Gasteiger charge is -2.69. The van der Waals surface area contributed by atoms with Gasteiger partial charge >= 0.3 is 0 Å². The summed E-state index contributed by atoms with van der Waals surface area (Å²) < 4.78 is 18.8. The number of ether oxygens (including phenoxy) is 1. The Labute approximate surface area is 190 Å². The molecule has 1 atom stereocenters. The van der Waals surface area contributed by atoms with E-state index in [4.69, 9.17) is 16.3 Å². The van der Waals surface area contributed by atoms with Gasteiger partial charge in [-0.15, -0.1) is 0 Å². The van der Waals surface area contributed by atoms with Gasteiger partial charge in [0.25, 0.3) is 5.91 Å². The lowest BCUT2D eigenvalue weighted by molar-refractivity contribution is -0.183. The molecule has 5 aliphatic rings. The second-order valence-corrected chi connectivity index (χ2v) is 9.36. The van der Waals surface area contributed by atoms with E-state index in [0.717, 1.165) is 18.1 Å². The summed E-state index contributed by atoms with van der Waals surface area (Å²) >= 11 is 5.64. The lowest BCUT2D eigenvalue weighted by atomic mass is 9.39. The first-order valence-corrected chi connectivity index (χ1v) is 11.0. The fraction of sp³-hybridized carbons (Fsp3) is 0.375. The van der Waals surface area contributed by atoms with Gasteiger partial charge in [-0.05, 0) is 49.0 Å². The van der Waals surface area contributed by atoms with E-state index in [1.165, 1.54) is 17.7 Å². The van der Waals surface area contributed by atoms with Crippen LogP contribution in [0.1, 0.15) is 25.7 Å². The van der Waals surface area contributed by atoms with Crippen LogP contribution in [0.25, 0.3) is 0 Å². The Balaban J connectivity index is 1.04. The van der Waals surface area contributed by atoms with Crippen LogP contribution in [-0.4, -0.2) is 42.8 Å². The third kappa shape index (κ3) is 3.75. The Bertz CT molecular complexity index is 1090. The van der Waals surface area contributed by atoms with Crippen molar-refractivity contribution in [2.75, 3.05) is 13.2 Å². The van der Waals surface area contributed by atoms with Crippen LogP contribution in [0.2, 0.25) is 5.02 Å². The Hall–Kier alpha value is -2.93. The number of rotatable bonds is 8. The van der Waals surface area contributed by atoms with E-state index < -0.39 is 5.82 Å². The Morgan fingerprint density at radius 3 is 2.84 bits per heavy atom. The third-order valence-electron chi connectivity index (χ3n) is 6.62. The van der Waals surface area contributed by atoms with Gasteiger partial charge in [0, 0.05) is 24.4 Å². The molecule has 0 spiro atoms. The van der Waals surface area contributed by atoms with Gasteiger partial charge in [-0.1, -0.05) is 35.9 Å². The molecule has 2 bridgehead atoms. The van der Waals surface area contributed by atoms with Crippen molar-refractivity contribution in [1.29, 1.82) is 0 Å². The minimum atomic E-state index is -0.596. The summed E-state index contributed by atoms with van der Waals surface area (Å²) in [5, 5.41) is 6.02. The van der Waals surface area contributed by atoms with Crippen molar-refractivity contribution in [3.8, 4) is 5.75 Å². The van der Waals surface area contributed by atoms with Crippen LogP contribution in [0.5, 0.6) is 5.75 Å². The molecule has 166 valence electrons. The zero-order valence-electron chi connectivity index (χ0n) is 17.4. The van der Waals surface area contributed by atoms with E-state index in [1.54, 1.807) is 0 Å². The van der Waals surface area contributed by atoms with E-state index in [9.17, 15) is 14.0 Å². The monoisotopic (exact) mass is 455 g/mol. The number of aliphatic imine (C=N–C) groups is 1. The maximum atomic E-state index is 13.4. The van der Waals surface area contributed by atoms with Crippen molar-refractivity contribution < 1.29 is 18.7 Å². The van der Waals surface area contributed by atoms with Gasteiger partial charge < -0.3 is 15.4 Å². The van der Waals surface area contributed by atoms with Crippen LogP contribution < -0.4 is 15.4 Å². The summed E-state index contributed by atoms with van der Waals surface area (Å²) in [4.78, 5) is 29.4. The van der Waals surface area contributed by atoms with Crippen LogP contribution in [0.15, 0.2) is 58.6 Å². The summed E-state index contributed by atoms with van der Waals surface area (Å²) in [5.74, 6) is -0.587. The van der Waals surface area contributed by atoms with Gasteiger partial charge in [-0.2, -0.15) is 0 Å². The lowest BCUT2D eigenvalue weighted by Crippen LogP contribution is -2.78. The number of carbonyl (C=O) groups is 2. The number of nitrogens with zero attached hydrogens (tertiary/aromatic N) is 1. The first-order chi connectivity index (χ1) is 15.4. The molecule has 0 radical (unpaired) electrons. The number of hydrogen-bond donors (Lipinski definition) is 2. The van der Waals surface area contributed by atoms with Gasteiger partial charge in [0.05, 0.1) is 16.5 Å². The second kappa shape index (κ2) is 7.89. The summed E-state index contributed by atoms with van der Waals surface area (Å²) in [6, 6.07) is 4.15. The van der Waals surface area contributed by atoms with Gasteiger partial charge in [0.15, 0.2) is 6.61 Å². The highest BCUT2D eigenvalue weighted by Crippen LogP contribution is 2.67. The molecule has 3 saturated carbocycles. The molecule has 0 saturated heterocycles. The zero-order chi connectivity index (χ0) is 22.3. The number of hydrogen-bond acceptors (Lipinski definition) is 4. The predicted molar refractivity (Wildman–Crippen MR) is 119 cm³/mol. The molecule has 3 fully saturated rings. The smallest absolute Gasteiger partial charge is 0.258 e. The molecular weight excluding hydrogens is 433 g/mol. The summed E-state index contributed by atoms with van der Waals surface area (Å²) in [6.45, 7) is 0.353. The van der Waals surface area contributed by atoms with E-state index >= 15 is 0 Å². The van der Waals surface area contributed by atoms with Gasteiger partial charge in [0.1, 0.15) is 11.6 Å². The highest BCUT2D eigenvalue weighted by Gasteiger charge is 2.72. The maximum absolute atomic E-state index is 13.4. The van der Waals surface area contributed by atoms with E-state index in [0.29, 0.717) is 25.8 Å². The fourth-order valence-electron chi connectivity index (χ4n) is 5.12. The zero-order valence-corrected chi connectivity index (χ0v) is 18.1. The van der Waals surface area contributed by atoms with E-state index in [1.807, 2.05) is 18.4 Å². The molecule has 8 heteroatoms. The van der Waals surface area contributed by atoms with Crippen molar-refractivity contribution in [2.45, 2.75) is 37.3 Å². The number of amides is 2. The highest BCUT2D eigenvalue weighted by molar-refractivity contribution is 6.30. The first kappa shape index (κ1) is 20.9. The van der Waals surface area contributed by atoms with Gasteiger partial charge in [0.2, 0.25) is 5.91 Å². The highest BCUT2D eigenvalue weighted by atomic mass is 35.5. The fourth-order valence-corrected chi connectivity index (χ4v) is 5.24. The second-order valence-electron chi connectivity index (χ2n) is 8.96. The molecule has 6 nitrogen and oxygen atoms in total. The SMILES string of the molecule is O=C(COc1ccc(Cl)c(F)c1)NC12CC(C(=O)NCCC3=C4C=CC=CC4N=C3)(C1)C2. The molecule has 1 unspecified atom stereocenters. The van der Waals surface area contributed by atoms with Crippen molar-refractivity contribution in [1.82, 2.24) is 10.6 Å². The Morgan fingerprint density at radius 2 is 2.06 bits per heavy atom. The third-order valence-corrected chi connectivity index (χ3v) is 6.92. The van der Waals surface area contributed by atoms with Crippen molar-refractivity contribution in [3.63, 3.8) is 0 Å².